The molecule has 29 heavy (non-hydrogen) atoms. The minimum Gasteiger partial charge on any atom is -0.354 e. The van der Waals surface area contributed by atoms with Crippen molar-refractivity contribution in [2.24, 2.45) is 0 Å². The molecule has 1 aliphatic heterocycles. The lowest BCUT2D eigenvalue weighted by Gasteiger charge is -2.34. The number of nitrogens with one attached hydrogen (secondary N) is 1. The minimum absolute atomic E-state index is 0.0571. The predicted molar refractivity (Wildman–Crippen MR) is 115 cm³/mol. The van der Waals surface area contributed by atoms with Crippen molar-refractivity contribution >= 4 is 39.4 Å². The van der Waals surface area contributed by atoms with Crippen molar-refractivity contribution in [2.75, 3.05) is 43.4 Å². The minimum atomic E-state index is -3.43. The summed E-state index contributed by atoms with van der Waals surface area (Å²) in [6.07, 6.45) is 4.72. The molecule has 1 aromatic heterocycles. The van der Waals surface area contributed by atoms with E-state index in [1.807, 2.05) is 24.3 Å². The van der Waals surface area contributed by atoms with E-state index < -0.39 is 10.0 Å². The first-order valence-corrected chi connectivity index (χ1v) is 11.3. The first-order chi connectivity index (χ1) is 13.9. The quantitative estimate of drug-likeness (QED) is 0.674. The van der Waals surface area contributed by atoms with E-state index in [0.717, 1.165) is 11.4 Å². The number of carbonyl (C=O) groups excluding carboxylic acids is 1. The summed E-state index contributed by atoms with van der Waals surface area (Å²) in [5.41, 5.74) is 0.797. The molecule has 0 unspecified atom stereocenters. The Labute approximate surface area is 176 Å². The van der Waals surface area contributed by atoms with Gasteiger partial charge in [-0.05, 0) is 35.9 Å². The smallest absolute Gasteiger partial charge is 0.244 e. The Morgan fingerprint density at radius 2 is 1.93 bits per heavy atom. The fourth-order valence-electron chi connectivity index (χ4n) is 3.01. The molecule has 1 N–H and O–H groups in total. The van der Waals surface area contributed by atoms with Gasteiger partial charge in [-0.2, -0.15) is 4.31 Å². The molecule has 0 saturated carbocycles. The van der Waals surface area contributed by atoms with E-state index in [1.165, 1.54) is 10.4 Å². The molecule has 2 heterocycles. The Morgan fingerprint density at radius 1 is 1.14 bits per heavy atom. The largest absolute Gasteiger partial charge is 0.354 e. The van der Waals surface area contributed by atoms with E-state index >= 15 is 0 Å². The molecule has 0 spiro atoms. The van der Waals surface area contributed by atoms with Crippen LogP contribution in [0, 0.1) is 0 Å². The van der Waals surface area contributed by atoms with Crippen LogP contribution < -0.4 is 10.2 Å². The first kappa shape index (κ1) is 21.3. The number of nitrogens with zero attached hydrogens (tertiary/aromatic N) is 3. The zero-order valence-electron chi connectivity index (χ0n) is 15.9. The van der Waals surface area contributed by atoms with Crippen LogP contribution in [0.1, 0.15) is 5.56 Å². The summed E-state index contributed by atoms with van der Waals surface area (Å²) in [5.74, 6) is 0.372. The van der Waals surface area contributed by atoms with Gasteiger partial charge < -0.3 is 10.2 Å². The third-order valence-corrected chi connectivity index (χ3v) is 6.65. The molecule has 7 nitrogen and oxygen atoms in total. The maximum atomic E-state index is 12.5. The lowest BCUT2D eigenvalue weighted by atomic mass is 10.2. The highest BCUT2D eigenvalue weighted by atomic mass is 35.5. The van der Waals surface area contributed by atoms with Gasteiger partial charge in [0, 0.05) is 50.0 Å². The van der Waals surface area contributed by atoms with Crippen LogP contribution in [0.25, 0.3) is 6.08 Å². The van der Waals surface area contributed by atoms with Crippen LogP contribution in [0.2, 0.25) is 5.02 Å². The Bertz CT molecular complexity index is 959. The summed E-state index contributed by atoms with van der Waals surface area (Å²) < 4.78 is 26.5. The molecule has 1 aliphatic rings. The zero-order chi connectivity index (χ0) is 20.7. The maximum Gasteiger partial charge on any atom is 0.244 e. The SMILES string of the molecule is O=C(/C=C/c1cccc(Cl)c1)NCCS(=O)(=O)N1CCN(c2ccccn2)CC1. The number of anilines is 1. The molecule has 0 bridgehead atoms. The van der Waals surface area contributed by atoms with E-state index in [2.05, 4.69) is 15.2 Å². The fraction of sp³-hybridized carbons (Fsp3) is 0.300. The molecule has 0 radical (unpaired) electrons. The second kappa shape index (κ2) is 9.87. The molecule has 0 aliphatic carbocycles. The number of amides is 1. The summed E-state index contributed by atoms with van der Waals surface area (Å²) in [5, 5.41) is 3.20. The Morgan fingerprint density at radius 3 is 2.62 bits per heavy atom. The lowest BCUT2D eigenvalue weighted by Crippen LogP contribution is -2.50. The van der Waals surface area contributed by atoms with Crippen molar-refractivity contribution in [1.82, 2.24) is 14.6 Å². The molecule has 1 saturated heterocycles. The average Bonchev–Trinajstić information content (AvgIpc) is 2.73. The van der Waals surface area contributed by atoms with Gasteiger partial charge in [-0.3, -0.25) is 4.79 Å². The molecule has 1 amide bonds. The van der Waals surface area contributed by atoms with Crippen molar-refractivity contribution in [3.05, 3.63) is 65.3 Å². The number of carbonyl (C=O) groups is 1. The van der Waals surface area contributed by atoms with Gasteiger partial charge in [-0.25, -0.2) is 13.4 Å². The van der Waals surface area contributed by atoms with Crippen LogP contribution in [0.4, 0.5) is 5.82 Å². The van der Waals surface area contributed by atoms with Crippen molar-refractivity contribution in [2.45, 2.75) is 0 Å². The van der Waals surface area contributed by atoms with E-state index in [4.69, 9.17) is 11.6 Å². The van der Waals surface area contributed by atoms with Gasteiger partial charge in [0.05, 0.1) is 5.75 Å². The number of aromatic nitrogens is 1. The van der Waals surface area contributed by atoms with E-state index in [-0.39, 0.29) is 18.2 Å². The summed E-state index contributed by atoms with van der Waals surface area (Å²) in [4.78, 5) is 18.3. The van der Waals surface area contributed by atoms with E-state index in [1.54, 1.807) is 30.5 Å². The van der Waals surface area contributed by atoms with Crippen molar-refractivity contribution in [1.29, 1.82) is 0 Å². The van der Waals surface area contributed by atoms with Gasteiger partial charge >= 0.3 is 0 Å². The second-order valence-electron chi connectivity index (χ2n) is 6.57. The van der Waals surface area contributed by atoms with Crippen molar-refractivity contribution < 1.29 is 13.2 Å². The van der Waals surface area contributed by atoms with Gasteiger partial charge in [-0.1, -0.05) is 29.8 Å². The van der Waals surface area contributed by atoms with Gasteiger partial charge in [0.25, 0.3) is 0 Å². The normalized spacial score (nSPS) is 15.6. The highest BCUT2D eigenvalue weighted by Crippen LogP contribution is 2.15. The monoisotopic (exact) mass is 434 g/mol. The lowest BCUT2D eigenvalue weighted by molar-refractivity contribution is -0.116. The molecule has 2 aromatic rings. The number of halogens is 1. The Kier molecular flexibility index (Phi) is 7.24. The number of hydrogen-bond donors (Lipinski definition) is 1. The highest BCUT2D eigenvalue weighted by Gasteiger charge is 2.27. The molecule has 9 heteroatoms. The number of rotatable bonds is 7. The highest BCUT2D eigenvalue weighted by molar-refractivity contribution is 7.89. The van der Waals surface area contributed by atoms with Gasteiger partial charge in [0.1, 0.15) is 5.82 Å². The number of pyridine rings is 1. The molecular formula is C20H23ClN4O3S. The summed E-state index contributed by atoms with van der Waals surface area (Å²) in [7, 11) is -3.43. The summed E-state index contributed by atoms with van der Waals surface area (Å²) in [6, 6.07) is 12.8. The summed E-state index contributed by atoms with van der Waals surface area (Å²) >= 11 is 5.90. The number of benzene rings is 1. The Hall–Kier alpha value is -2.42. The standard InChI is InChI=1S/C20H23ClN4O3S/c21-18-5-3-4-17(16-18)7-8-20(26)23-10-15-29(27,28)25-13-11-24(12-14-25)19-6-1-2-9-22-19/h1-9,16H,10-15H2,(H,23,26)/b8-7+. The maximum absolute atomic E-state index is 12.5. The van der Waals surface area contributed by atoms with E-state index in [0.29, 0.717) is 31.2 Å². The molecule has 1 aromatic carbocycles. The van der Waals surface area contributed by atoms with Crippen molar-refractivity contribution in [3.8, 4) is 0 Å². The van der Waals surface area contributed by atoms with Crippen LogP contribution in [0.5, 0.6) is 0 Å². The fourth-order valence-corrected chi connectivity index (χ4v) is 4.55. The number of hydrogen-bond acceptors (Lipinski definition) is 5. The topological polar surface area (TPSA) is 82.6 Å². The predicted octanol–water partition coefficient (Wildman–Crippen LogP) is 2.02. The van der Waals surface area contributed by atoms with Crippen LogP contribution in [0.15, 0.2) is 54.7 Å². The number of sulfonamides is 1. The molecule has 154 valence electrons. The number of piperazine rings is 1. The van der Waals surface area contributed by atoms with Gasteiger partial charge in [0.2, 0.25) is 15.9 Å². The first-order valence-electron chi connectivity index (χ1n) is 9.29. The molecular weight excluding hydrogens is 412 g/mol. The van der Waals surface area contributed by atoms with Crippen LogP contribution >= 0.6 is 11.6 Å². The average molecular weight is 435 g/mol. The third kappa shape index (κ3) is 6.28. The van der Waals surface area contributed by atoms with E-state index in [9.17, 15) is 13.2 Å². The van der Waals surface area contributed by atoms with Crippen molar-refractivity contribution in [3.63, 3.8) is 0 Å². The molecule has 3 rings (SSSR count). The summed E-state index contributed by atoms with van der Waals surface area (Å²) in [6.45, 7) is 2.04. The second-order valence-corrected chi connectivity index (χ2v) is 9.09. The zero-order valence-corrected chi connectivity index (χ0v) is 17.4. The van der Waals surface area contributed by atoms with Gasteiger partial charge in [-0.15, -0.1) is 0 Å². The van der Waals surface area contributed by atoms with Crippen LogP contribution in [-0.2, 0) is 14.8 Å². The van der Waals surface area contributed by atoms with Gasteiger partial charge in [0.15, 0.2) is 0 Å². The Balaban J connectivity index is 1.43. The van der Waals surface area contributed by atoms with Crippen LogP contribution in [0.3, 0.4) is 0 Å². The van der Waals surface area contributed by atoms with Crippen LogP contribution in [-0.4, -0.2) is 62.1 Å². The third-order valence-electron chi connectivity index (χ3n) is 4.54. The molecule has 0 atom stereocenters. The molecule has 1 fully saturated rings.